The lowest BCUT2D eigenvalue weighted by atomic mass is 10.1. The molecule has 0 bridgehead atoms. The lowest BCUT2D eigenvalue weighted by Crippen LogP contribution is -2.14. The molecule has 0 unspecified atom stereocenters. The molecular formula is C17H16N2O3. The van der Waals surface area contributed by atoms with Gasteiger partial charge in [0.15, 0.2) is 0 Å². The quantitative estimate of drug-likeness (QED) is 0.888. The summed E-state index contributed by atoms with van der Waals surface area (Å²) in [6, 6.07) is 10.8. The van der Waals surface area contributed by atoms with Crippen LogP contribution in [0.2, 0.25) is 0 Å². The Morgan fingerprint density at radius 1 is 1.27 bits per heavy atom. The number of benzene rings is 1. The van der Waals surface area contributed by atoms with Gasteiger partial charge in [-0.2, -0.15) is 0 Å². The summed E-state index contributed by atoms with van der Waals surface area (Å²) in [6.07, 6.45) is 4.29. The van der Waals surface area contributed by atoms with Crippen molar-refractivity contribution in [3.63, 3.8) is 0 Å². The molecule has 1 aromatic heterocycles. The van der Waals surface area contributed by atoms with Gasteiger partial charge in [-0.1, -0.05) is 18.2 Å². The molecule has 0 radical (unpaired) electrons. The molecule has 112 valence electrons. The molecule has 2 N–H and O–H groups in total. The molecule has 2 aromatic rings. The molecule has 1 aromatic carbocycles. The van der Waals surface area contributed by atoms with Crippen molar-refractivity contribution in [3.05, 3.63) is 59.9 Å². The first-order chi connectivity index (χ1) is 10.6. The van der Waals surface area contributed by atoms with Crippen LogP contribution in [0.15, 0.2) is 48.8 Å². The molecule has 1 aliphatic carbocycles. The Balaban J connectivity index is 1.62. The summed E-state index contributed by atoms with van der Waals surface area (Å²) in [6.45, 7) is 0. The predicted octanol–water partition coefficient (Wildman–Crippen LogP) is 2.45. The second-order valence-electron chi connectivity index (χ2n) is 5.50. The molecule has 3 rings (SSSR count). The summed E-state index contributed by atoms with van der Waals surface area (Å²) in [4.78, 5) is 27.0. The van der Waals surface area contributed by atoms with Crippen molar-refractivity contribution in [2.75, 3.05) is 5.32 Å². The van der Waals surface area contributed by atoms with Gasteiger partial charge in [0, 0.05) is 24.0 Å². The third-order valence-electron chi connectivity index (χ3n) is 3.79. The number of nitrogens with one attached hydrogen (secondary N) is 1. The van der Waals surface area contributed by atoms with Crippen LogP contribution in [0, 0.1) is 5.92 Å². The molecule has 22 heavy (non-hydrogen) atoms. The van der Waals surface area contributed by atoms with Gasteiger partial charge in [-0.05, 0) is 41.7 Å². The summed E-state index contributed by atoms with van der Waals surface area (Å²) in [5.41, 5.74) is 2.40. The molecule has 1 heterocycles. The van der Waals surface area contributed by atoms with Gasteiger partial charge in [0.2, 0.25) is 5.91 Å². The highest BCUT2D eigenvalue weighted by Gasteiger charge is 2.44. The number of rotatable bonds is 5. The van der Waals surface area contributed by atoms with Crippen LogP contribution in [0.5, 0.6) is 0 Å². The normalized spacial score (nSPS) is 19.5. The van der Waals surface area contributed by atoms with E-state index in [4.69, 9.17) is 5.11 Å². The van der Waals surface area contributed by atoms with E-state index in [-0.39, 0.29) is 24.2 Å². The Bertz CT molecular complexity index is 700. The number of carbonyl (C=O) groups excluding carboxylic acids is 1. The molecule has 0 saturated heterocycles. The van der Waals surface area contributed by atoms with Crippen molar-refractivity contribution in [2.45, 2.75) is 18.8 Å². The average molecular weight is 296 g/mol. The van der Waals surface area contributed by atoms with Gasteiger partial charge < -0.3 is 10.4 Å². The van der Waals surface area contributed by atoms with Gasteiger partial charge in [-0.3, -0.25) is 14.6 Å². The fourth-order valence-corrected chi connectivity index (χ4v) is 2.62. The highest BCUT2D eigenvalue weighted by atomic mass is 16.4. The van der Waals surface area contributed by atoms with Crippen LogP contribution < -0.4 is 5.32 Å². The molecule has 2 atom stereocenters. The summed E-state index contributed by atoms with van der Waals surface area (Å²) in [5, 5.41) is 11.7. The number of anilines is 1. The van der Waals surface area contributed by atoms with Crippen LogP contribution in [0.3, 0.4) is 0 Å². The first-order valence-corrected chi connectivity index (χ1v) is 7.15. The standard InChI is InChI=1S/C17H16N2O3/c20-16(21)8-11-3-1-5-13(7-11)19-17(22)15-9-14(15)12-4-2-6-18-10-12/h1-7,10,14-15H,8-9H2,(H,19,22)(H,20,21)/t14-,15+/m0/s1. The summed E-state index contributed by atoms with van der Waals surface area (Å²) in [5.74, 6) is -0.716. The van der Waals surface area contributed by atoms with Crippen LogP contribution in [-0.4, -0.2) is 22.0 Å². The Kier molecular flexibility index (Phi) is 3.87. The Morgan fingerprint density at radius 3 is 2.86 bits per heavy atom. The van der Waals surface area contributed by atoms with E-state index in [1.807, 2.05) is 12.1 Å². The Labute approximate surface area is 128 Å². The van der Waals surface area contributed by atoms with Gasteiger partial charge in [0.25, 0.3) is 0 Å². The zero-order chi connectivity index (χ0) is 15.5. The zero-order valence-electron chi connectivity index (χ0n) is 11.9. The zero-order valence-corrected chi connectivity index (χ0v) is 11.9. The van der Waals surface area contributed by atoms with Crippen molar-refractivity contribution >= 4 is 17.6 Å². The number of carboxylic acid groups (broad SMARTS) is 1. The second kappa shape index (κ2) is 5.97. The monoisotopic (exact) mass is 296 g/mol. The topological polar surface area (TPSA) is 79.3 Å². The molecule has 1 saturated carbocycles. The van der Waals surface area contributed by atoms with E-state index in [1.165, 1.54) is 0 Å². The van der Waals surface area contributed by atoms with Crippen molar-refractivity contribution in [1.82, 2.24) is 4.98 Å². The maximum Gasteiger partial charge on any atom is 0.307 e. The van der Waals surface area contributed by atoms with Gasteiger partial charge in [-0.25, -0.2) is 0 Å². The number of hydrogen-bond donors (Lipinski definition) is 2. The maximum atomic E-state index is 12.2. The van der Waals surface area contributed by atoms with Gasteiger partial charge in [0.05, 0.1) is 6.42 Å². The van der Waals surface area contributed by atoms with Crippen LogP contribution in [0.25, 0.3) is 0 Å². The first-order valence-electron chi connectivity index (χ1n) is 7.15. The van der Waals surface area contributed by atoms with Crippen molar-refractivity contribution in [3.8, 4) is 0 Å². The highest BCUT2D eigenvalue weighted by Crippen LogP contribution is 2.47. The van der Waals surface area contributed by atoms with Crippen LogP contribution in [0.4, 0.5) is 5.69 Å². The van der Waals surface area contributed by atoms with Crippen LogP contribution in [-0.2, 0) is 16.0 Å². The van der Waals surface area contributed by atoms with E-state index in [0.717, 1.165) is 12.0 Å². The van der Waals surface area contributed by atoms with E-state index in [9.17, 15) is 9.59 Å². The molecule has 5 heteroatoms. The molecule has 1 amide bonds. The molecule has 5 nitrogen and oxygen atoms in total. The van der Waals surface area contributed by atoms with E-state index < -0.39 is 5.97 Å². The minimum absolute atomic E-state index is 0.0265. The number of pyridine rings is 1. The van der Waals surface area contributed by atoms with Gasteiger partial charge >= 0.3 is 5.97 Å². The Morgan fingerprint density at radius 2 is 2.14 bits per heavy atom. The molecular weight excluding hydrogens is 280 g/mol. The number of hydrogen-bond acceptors (Lipinski definition) is 3. The SMILES string of the molecule is O=C(O)Cc1cccc(NC(=O)[C@@H]2C[C@H]2c2cccnc2)c1. The molecule has 0 aliphatic heterocycles. The van der Waals surface area contributed by atoms with Crippen molar-refractivity contribution in [2.24, 2.45) is 5.92 Å². The summed E-state index contributed by atoms with van der Waals surface area (Å²) in [7, 11) is 0. The van der Waals surface area contributed by atoms with E-state index in [0.29, 0.717) is 11.3 Å². The van der Waals surface area contributed by atoms with E-state index >= 15 is 0 Å². The minimum atomic E-state index is -0.887. The largest absolute Gasteiger partial charge is 0.481 e. The predicted molar refractivity (Wildman–Crippen MR) is 81.5 cm³/mol. The number of aliphatic carboxylic acids is 1. The smallest absolute Gasteiger partial charge is 0.307 e. The maximum absolute atomic E-state index is 12.2. The molecule has 0 spiro atoms. The minimum Gasteiger partial charge on any atom is -0.481 e. The first kappa shape index (κ1) is 14.3. The van der Waals surface area contributed by atoms with Crippen LogP contribution in [0.1, 0.15) is 23.5 Å². The van der Waals surface area contributed by atoms with E-state index in [1.54, 1.807) is 36.7 Å². The fourth-order valence-electron chi connectivity index (χ4n) is 2.62. The number of carboxylic acids is 1. The molecule has 1 fully saturated rings. The number of carbonyl (C=O) groups is 2. The molecule has 1 aliphatic rings. The fraction of sp³-hybridized carbons (Fsp3) is 0.235. The lowest BCUT2D eigenvalue weighted by Gasteiger charge is -2.06. The average Bonchev–Trinajstić information content (AvgIpc) is 3.28. The lowest BCUT2D eigenvalue weighted by molar-refractivity contribution is -0.136. The number of nitrogens with zero attached hydrogens (tertiary/aromatic N) is 1. The third kappa shape index (κ3) is 3.31. The Hall–Kier alpha value is -2.69. The third-order valence-corrected chi connectivity index (χ3v) is 3.79. The van der Waals surface area contributed by atoms with Crippen molar-refractivity contribution in [1.29, 1.82) is 0 Å². The highest BCUT2D eigenvalue weighted by molar-refractivity contribution is 5.95. The van der Waals surface area contributed by atoms with Crippen LogP contribution >= 0.6 is 0 Å². The summed E-state index contributed by atoms with van der Waals surface area (Å²) >= 11 is 0. The van der Waals surface area contributed by atoms with Crippen molar-refractivity contribution < 1.29 is 14.7 Å². The van der Waals surface area contributed by atoms with Gasteiger partial charge in [-0.15, -0.1) is 0 Å². The number of amides is 1. The van der Waals surface area contributed by atoms with E-state index in [2.05, 4.69) is 10.3 Å². The summed E-state index contributed by atoms with van der Waals surface area (Å²) < 4.78 is 0. The number of aromatic nitrogens is 1. The second-order valence-corrected chi connectivity index (χ2v) is 5.50. The van der Waals surface area contributed by atoms with Gasteiger partial charge in [0.1, 0.15) is 0 Å².